The van der Waals surface area contributed by atoms with Crippen LogP contribution in [0.2, 0.25) is 0 Å². The van der Waals surface area contributed by atoms with Crippen molar-refractivity contribution < 1.29 is 19.2 Å². The molecule has 2 aliphatic heterocycles. The molecule has 1 aromatic rings. The Kier molecular flexibility index (Phi) is 6.45. The van der Waals surface area contributed by atoms with Crippen molar-refractivity contribution in [1.82, 2.24) is 9.80 Å². The lowest BCUT2D eigenvalue weighted by Crippen LogP contribution is -2.43. The van der Waals surface area contributed by atoms with Crippen LogP contribution >= 0.6 is 0 Å². The topological polar surface area (TPSA) is 105 Å². The molecule has 9 nitrogen and oxygen atoms in total. The fraction of sp³-hybridized carbons (Fsp3) is 0.579. The van der Waals surface area contributed by atoms with Crippen LogP contribution in [0.4, 0.5) is 11.4 Å². The Labute approximate surface area is 163 Å². The zero-order valence-electron chi connectivity index (χ0n) is 16.1. The van der Waals surface area contributed by atoms with Crippen molar-refractivity contribution in [2.24, 2.45) is 5.92 Å². The largest absolute Gasteiger partial charge is 0.496 e. The molecule has 0 aromatic heterocycles. The molecule has 2 saturated heterocycles. The minimum Gasteiger partial charge on any atom is -0.496 e. The summed E-state index contributed by atoms with van der Waals surface area (Å²) in [7, 11) is 1.43. The molecular weight excluding hydrogens is 364 g/mol. The smallest absolute Gasteiger partial charge is 0.296 e. The number of hydrogen-bond acceptors (Lipinski definition) is 6. The first-order valence-corrected chi connectivity index (χ1v) is 9.61. The third kappa shape index (κ3) is 4.78. The van der Waals surface area contributed by atoms with Crippen molar-refractivity contribution in [2.45, 2.75) is 25.7 Å². The second-order valence-electron chi connectivity index (χ2n) is 7.27. The van der Waals surface area contributed by atoms with E-state index < -0.39 is 4.92 Å². The van der Waals surface area contributed by atoms with Gasteiger partial charge in [-0.25, -0.2) is 0 Å². The average Bonchev–Trinajstić information content (AvgIpc) is 3.23. The number of rotatable bonds is 6. The molecule has 0 unspecified atom stereocenters. The molecule has 0 bridgehead atoms. The van der Waals surface area contributed by atoms with Crippen molar-refractivity contribution in [3.63, 3.8) is 0 Å². The predicted octanol–water partition coefficient (Wildman–Crippen LogP) is 1.88. The number of hydrogen-bond donors (Lipinski definition) is 1. The lowest BCUT2D eigenvalue weighted by molar-refractivity contribution is -0.384. The molecule has 0 saturated carbocycles. The van der Waals surface area contributed by atoms with Crippen LogP contribution < -0.4 is 10.1 Å². The molecular formula is C19H26N4O5. The van der Waals surface area contributed by atoms with E-state index in [4.69, 9.17) is 4.74 Å². The van der Waals surface area contributed by atoms with Gasteiger partial charge in [-0.3, -0.25) is 24.6 Å². The van der Waals surface area contributed by atoms with E-state index in [1.165, 1.54) is 19.2 Å². The number of methoxy groups -OCH3 is 1. The van der Waals surface area contributed by atoms with Gasteiger partial charge in [-0.15, -0.1) is 0 Å². The summed E-state index contributed by atoms with van der Waals surface area (Å²) in [4.78, 5) is 39.4. The highest BCUT2D eigenvalue weighted by atomic mass is 16.6. The van der Waals surface area contributed by atoms with Gasteiger partial charge in [0, 0.05) is 19.0 Å². The number of nitro benzene ring substituents is 1. The first kappa shape index (κ1) is 20.1. The van der Waals surface area contributed by atoms with Gasteiger partial charge >= 0.3 is 0 Å². The zero-order chi connectivity index (χ0) is 20.1. The van der Waals surface area contributed by atoms with Crippen LogP contribution in [0.25, 0.3) is 0 Å². The molecule has 152 valence electrons. The second-order valence-corrected chi connectivity index (χ2v) is 7.27. The zero-order valence-corrected chi connectivity index (χ0v) is 16.1. The fourth-order valence-electron chi connectivity index (χ4n) is 3.82. The monoisotopic (exact) mass is 390 g/mol. The van der Waals surface area contributed by atoms with Crippen LogP contribution in [0, 0.1) is 16.0 Å². The molecule has 2 aliphatic rings. The van der Waals surface area contributed by atoms with Crippen LogP contribution in [0.5, 0.6) is 5.75 Å². The Morgan fingerprint density at radius 2 is 1.89 bits per heavy atom. The molecule has 1 aromatic carbocycles. The summed E-state index contributed by atoms with van der Waals surface area (Å²) in [6.07, 6.45) is 3.65. The minimum absolute atomic E-state index is 0.0417. The average molecular weight is 390 g/mol. The van der Waals surface area contributed by atoms with Crippen molar-refractivity contribution in [3.8, 4) is 5.75 Å². The number of amides is 2. The first-order chi connectivity index (χ1) is 13.5. The Balaban J connectivity index is 1.51. The molecule has 0 atom stereocenters. The maximum Gasteiger partial charge on any atom is 0.296 e. The number of anilines is 1. The number of nitro groups is 1. The number of nitrogens with zero attached hydrogens (tertiary/aromatic N) is 3. The van der Waals surface area contributed by atoms with Crippen molar-refractivity contribution in [2.75, 3.05) is 45.2 Å². The van der Waals surface area contributed by atoms with E-state index in [0.29, 0.717) is 18.8 Å². The summed E-state index contributed by atoms with van der Waals surface area (Å²) >= 11 is 0. The van der Waals surface area contributed by atoms with Gasteiger partial charge in [-0.1, -0.05) is 0 Å². The summed E-state index contributed by atoms with van der Waals surface area (Å²) in [5.74, 6) is 0.336. The molecule has 0 spiro atoms. The van der Waals surface area contributed by atoms with E-state index in [-0.39, 0.29) is 35.7 Å². The normalized spacial score (nSPS) is 18.1. The number of benzene rings is 1. The van der Waals surface area contributed by atoms with Gasteiger partial charge in [0.25, 0.3) is 5.69 Å². The molecule has 9 heteroatoms. The molecule has 0 aliphatic carbocycles. The van der Waals surface area contributed by atoms with E-state index in [0.717, 1.165) is 38.8 Å². The van der Waals surface area contributed by atoms with Gasteiger partial charge in [0.1, 0.15) is 11.4 Å². The lowest BCUT2D eigenvalue weighted by atomic mass is 9.95. The lowest BCUT2D eigenvalue weighted by Gasteiger charge is -2.32. The van der Waals surface area contributed by atoms with Crippen molar-refractivity contribution in [1.29, 1.82) is 0 Å². The number of nitrogens with one attached hydrogen (secondary N) is 1. The van der Waals surface area contributed by atoms with E-state index >= 15 is 0 Å². The van der Waals surface area contributed by atoms with Gasteiger partial charge < -0.3 is 15.0 Å². The molecule has 0 radical (unpaired) electrons. The predicted molar refractivity (Wildman–Crippen MR) is 103 cm³/mol. The van der Waals surface area contributed by atoms with Gasteiger partial charge in [-0.2, -0.15) is 0 Å². The highest BCUT2D eigenvalue weighted by Gasteiger charge is 2.30. The summed E-state index contributed by atoms with van der Waals surface area (Å²) in [6, 6.07) is 4.32. The first-order valence-electron chi connectivity index (χ1n) is 9.61. The summed E-state index contributed by atoms with van der Waals surface area (Å²) in [5.41, 5.74) is -0.0579. The van der Waals surface area contributed by atoms with E-state index in [1.54, 1.807) is 6.07 Å². The number of carbonyl (C=O) groups excluding carboxylic acids is 2. The van der Waals surface area contributed by atoms with Crippen molar-refractivity contribution in [3.05, 3.63) is 28.3 Å². The summed E-state index contributed by atoms with van der Waals surface area (Å²) in [5, 5.41) is 13.8. The third-order valence-electron chi connectivity index (χ3n) is 5.40. The van der Waals surface area contributed by atoms with Crippen molar-refractivity contribution >= 4 is 23.2 Å². The van der Waals surface area contributed by atoms with Gasteiger partial charge in [0.05, 0.1) is 24.6 Å². The minimum atomic E-state index is -0.548. The SMILES string of the molecule is COc1ccc(NC(=O)CN2CCC(C(=O)N3CCCC3)CC2)c([N+](=O)[O-])c1. The Hall–Kier alpha value is -2.68. The maximum atomic E-state index is 12.5. The summed E-state index contributed by atoms with van der Waals surface area (Å²) < 4.78 is 5.00. The second kappa shape index (κ2) is 9.01. The maximum absolute atomic E-state index is 12.5. The fourth-order valence-corrected chi connectivity index (χ4v) is 3.82. The van der Waals surface area contributed by atoms with E-state index in [9.17, 15) is 19.7 Å². The number of carbonyl (C=O) groups is 2. The third-order valence-corrected chi connectivity index (χ3v) is 5.40. The number of likely N-dealkylation sites (tertiary alicyclic amines) is 2. The highest BCUT2D eigenvalue weighted by molar-refractivity contribution is 5.94. The van der Waals surface area contributed by atoms with Crippen LogP contribution in [-0.2, 0) is 9.59 Å². The van der Waals surface area contributed by atoms with E-state index in [1.807, 2.05) is 9.80 Å². The Bertz CT molecular complexity index is 740. The molecule has 2 fully saturated rings. The molecule has 1 N–H and O–H groups in total. The standard InChI is InChI=1S/C19H26N4O5/c1-28-15-4-5-16(17(12-15)23(26)27)20-18(24)13-21-10-6-14(7-11-21)19(25)22-8-2-3-9-22/h4-5,12,14H,2-3,6-11,13H2,1H3,(H,20,24). The number of ether oxygens (including phenoxy) is 1. The Morgan fingerprint density at radius 3 is 2.50 bits per heavy atom. The van der Waals surface area contributed by atoms with Crippen LogP contribution in [0.15, 0.2) is 18.2 Å². The van der Waals surface area contributed by atoms with Gasteiger partial charge in [0.15, 0.2) is 0 Å². The van der Waals surface area contributed by atoms with Crippen LogP contribution in [0.3, 0.4) is 0 Å². The molecule has 3 rings (SSSR count). The quantitative estimate of drug-likeness (QED) is 0.587. The molecule has 28 heavy (non-hydrogen) atoms. The van der Waals surface area contributed by atoms with Gasteiger partial charge in [-0.05, 0) is 50.9 Å². The highest BCUT2D eigenvalue weighted by Crippen LogP contribution is 2.29. The van der Waals surface area contributed by atoms with Gasteiger partial charge in [0.2, 0.25) is 11.8 Å². The number of piperidine rings is 1. The van der Waals surface area contributed by atoms with Crippen LogP contribution in [0.1, 0.15) is 25.7 Å². The van der Waals surface area contributed by atoms with Crippen LogP contribution in [-0.4, -0.2) is 66.4 Å². The van der Waals surface area contributed by atoms with E-state index in [2.05, 4.69) is 5.32 Å². The summed E-state index contributed by atoms with van der Waals surface area (Å²) in [6.45, 7) is 3.21. The molecule has 2 heterocycles. The molecule has 2 amide bonds. The Morgan fingerprint density at radius 1 is 1.21 bits per heavy atom.